The van der Waals surface area contributed by atoms with Crippen LogP contribution in [0.2, 0.25) is 0 Å². The lowest BCUT2D eigenvalue weighted by Gasteiger charge is -2.43. The van der Waals surface area contributed by atoms with Crippen molar-refractivity contribution >= 4 is 35.0 Å². The Morgan fingerprint density at radius 3 is 2.68 bits per heavy atom. The summed E-state index contributed by atoms with van der Waals surface area (Å²) in [6, 6.07) is 5.21. The van der Waals surface area contributed by atoms with Gasteiger partial charge in [-0.3, -0.25) is 9.59 Å². The first-order valence-electron chi connectivity index (χ1n) is 13.4. The molecule has 0 spiro atoms. The molecule has 204 valence electrons. The van der Waals surface area contributed by atoms with Gasteiger partial charge < -0.3 is 35.6 Å². The summed E-state index contributed by atoms with van der Waals surface area (Å²) in [6.45, 7) is 3.31. The standard InChI is InChI=1S/C27H37N7O4/c1-4-20-25(37)33(2)21-14-29-26(31-23(21)34(20)18-7-5-6-8-18)30-19-10-9-17(13-22(19)38-3)24(36)32-27(11-12-35)15-28-16-27/h9-10,13-14,18,20,28,35H,4-8,11-12,15-16H2,1-3H3,(H,32,36)(H,29,30,31). The number of hydrogen-bond acceptors (Lipinski definition) is 9. The van der Waals surface area contributed by atoms with Gasteiger partial charge in [0.2, 0.25) is 11.9 Å². The van der Waals surface area contributed by atoms with E-state index < -0.39 is 5.54 Å². The maximum absolute atomic E-state index is 13.1. The molecular formula is C27H37N7O4. The molecule has 0 radical (unpaired) electrons. The number of nitrogens with zero attached hydrogens (tertiary/aromatic N) is 4. The molecule has 1 saturated heterocycles. The third-order valence-electron chi connectivity index (χ3n) is 8.02. The number of nitrogens with one attached hydrogen (secondary N) is 3. The van der Waals surface area contributed by atoms with Crippen LogP contribution in [-0.4, -0.2) is 78.4 Å². The van der Waals surface area contributed by atoms with Crippen LogP contribution in [0.25, 0.3) is 0 Å². The molecule has 0 bridgehead atoms. The van der Waals surface area contributed by atoms with Gasteiger partial charge in [0.15, 0.2) is 5.82 Å². The van der Waals surface area contributed by atoms with Crippen LogP contribution in [-0.2, 0) is 4.79 Å². The van der Waals surface area contributed by atoms with Gasteiger partial charge in [-0.1, -0.05) is 19.8 Å². The van der Waals surface area contributed by atoms with Crippen LogP contribution < -0.4 is 30.5 Å². The maximum atomic E-state index is 13.1. The van der Waals surface area contributed by atoms with Crippen molar-refractivity contribution in [3.8, 4) is 5.75 Å². The van der Waals surface area contributed by atoms with E-state index in [4.69, 9.17) is 9.72 Å². The Balaban J connectivity index is 1.40. The molecule has 11 nitrogen and oxygen atoms in total. The summed E-state index contributed by atoms with van der Waals surface area (Å²) in [5.74, 6) is 1.49. The highest BCUT2D eigenvalue weighted by atomic mass is 16.5. The van der Waals surface area contributed by atoms with E-state index in [1.807, 2.05) is 6.92 Å². The highest BCUT2D eigenvalue weighted by molar-refractivity contribution is 6.04. The molecule has 3 aliphatic rings. The molecule has 5 rings (SSSR count). The van der Waals surface area contributed by atoms with E-state index in [-0.39, 0.29) is 30.5 Å². The zero-order valence-electron chi connectivity index (χ0n) is 22.3. The van der Waals surface area contributed by atoms with Crippen LogP contribution in [0.5, 0.6) is 5.75 Å². The number of anilines is 4. The van der Waals surface area contributed by atoms with Gasteiger partial charge in [0.25, 0.3) is 5.91 Å². The number of likely N-dealkylation sites (N-methyl/N-ethyl adjacent to an activating group) is 1. The Morgan fingerprint density at radius 1 is 1.29 bits per heavy atom. The van der Waals surface area contributed by atoms with Crippen molar-refractivity contribution in [2.24, 2.45) is 0 Å². The SMILES string of the molecule is CCC1C(=O)N(C)c2cnc(Nc3ccc(C(=O)NC4(CCO)CNC4)cc3OC)nc2N1C1CCCC1. The molecule has 1 aromatic carbocycles. The molecule has 2 fully saturated rings. The molecule has 38 heavy (non-hydrogen) atoms. The fourth-order valence-electron chi connectivity index (χ4n) is 5.78. The van der Waals surface area contributed by atoms with Gasteiger partial charge in [-0.25, -0.2) is 4.98 Å². The first-order valence-corrected chi connectivity index (χ1v) is 13.4. The van der Waals surface area contributed by atoms with E-state index in [9.17, 15) is 14.7 Å². The van der Waals surface area contributed by atoms with Gasteiger partial charge >= 0.3 is 0 Å². The van der Waals surface area contributed by atoms with Crippen molar-refractivity contribution in [3.05, 3.63) is 30.0 Å². The lowest BCUT2D eigenvalue weighted by Crippen LogP contribution is -2.69. The molecule has 1 aromatic heterocycles. The van der Waals surface area contributed by atoms with Crippen LogP contribution in [0.15, 0.2) is 24.4 Å². The molecule has 3 heterocycles. The highest BCUT2D eigenvalue weighted by Crippen LogP contribution is 2.40. The fraction of sp³-hybridized carbons (Fsp3) is 0.556. The zero-order valence-corrected chi connectivity index (χ0v) is 22.3. The second-order valence-electron chi connectivity index (χ2n) is 10.4. The maximum Gasteiger partial charge on any atom is 0.251 e. The minimum absolute atomic E-state index is 0.00997. The lowest BCUT2D eigenvalue weighted by molar-refractivity contribution is -0.120. The predicted octanol–water partition coefficient (Wildman–Crippen LogP) is 2.19. The number of methoxy groups -OCH3 is 1. The van der Waals surface area contributed by atoms with E-state index in [1.54, 1.807) is 43.5 Å². The number of aliphatic hydroxyl groups is 1. The Kier molecular flexibility index (Phi) is 7.40. The molecule has 2 amide bonds. The number of aromatic nitrogens is 2. The molecule has 4 N–H and O–H groups in total. The van der Waals surface area contributed by atoms with Gasteiger partial charge in [-0.15, -0.1) is 0 Å². The second-order valence-corrected chi connectivity index (χ2v) is 10.4. The van der Waals surface area contributed by atoms with Crippen molar-refractivity contribution in [2.45, 2.75) is 63.1 Å². The Hall–Kier alpha value is -3.44. The van der Waals surface area contributed by atoms with Crippen molar-refractivity contribution in [1.29, 1.82) is 0 Å². The third kappa shape index (κ3) is 4.76. The van der Waals surface area contributed by atoms with Crippen LogP contribution in [0.4, 0.5) is 23.1 Å². The average molecular weight is 524 g/mol. The van der Waals surface area contributed by atoms with Gasteiger partial charge in [0.1, 0.15) is 17.5 Å². The molecule has 1 unspecified atom stereocenters. The topological polar surface area (TPSA) is 132 Å². The number of amides is 2. The smallest absolute Gasteiger partial charge is 0.251 e. The summed E-state index contributed by atoms with van der Waals surface area (Å²) in [7, 11) is 3.33. The van der Waals surface area contributed by atoms with Gasteiger partial charge in [0.05, 0.1) is 24.5 Å². The molecule has 2 aromatic rings. The van der Waals surface area contributed by atoms with Gasteiger partial charge in [-0.05, 0) is 43.9 Å². The summed E-state index contributed by atoms with van der Waals surface area (Å²) in [4.78, 5) is 39.3. The molecule has 1 atom stereocenters. The lowest BCUT2D eigenvalue weighted by atomic mass is 9.88. The highest BCUT2D eigenvalue weighted by Gasteiger charge is 2.41. The monoisotopic (exact) mass is 523 g/mol. The number of carbonyl (C=O) groups is 2. The van der Waals surface area contributed by atoms with E-state index >= 15 is 0 Å². The first-order chi connectivity index (χ1) is 18.4. The number of hydrogen-bond donors (Lipinski definition) is 4. The first kappa shape index (κ1) is 26.2. The van der Waals surface area contributed by atoms with Gasteiger partial charge in [-0.2, -0.15) is 4.98 Å². The minimum atomic E-state index is -0.428. The van der Waals surface area contributed by atoms with E-state index in [1.165, 1.54) is 0 Å². The second kappa shape index (κ2) is 10.7. The van der Waals surface area contributed by atoms with Crippen LogP contribution in [0.3, 0.4) is 0 Å². The summed E-state index contributed by atoms with van der Waals surface area (Å²) >= 11 is 0. The summed E-state index contributed by atoms with van der Waals surface area (Å²) < 4.78 is 5.59. The minimum Gasteiger partial charge on any atom is -0.495 e. The molecule has 11 heteroatoms. The van der Waals surface area contributed by atoms with E-state index in [2.05, 4.69) is 25.8 Å². The van der Waals surface area contributed by atoms with E-state index in [0.29, 0.717) is 54.6 Å². The molecular weight excluding hydrogens is 486 g/mol. The number of fused-ring (bicyclic) bond motifs is 1. The van der Waals surface area contributed by atoms with Crippen LogP contribution in [0.1, 0.15) is 55.8 Å². The van der Waals surface area contributed by atoms with E-state index in [0.717, 1.165) is 31.5 Å². The van der Waals surface area contributed by atoms with Crippen molar-refractivity contribution in [3.63, 3.8) is 0 Å². The van der Waals surface area contributed by atoms with Crippen molar-refractivity contribution in [2.75, 3.05) is 49.0 Å². The Labute approximate surface area is 223 Å². The molecule has 2 aliphatic heterocycles. The zero-order chi connectivity index (χ0) is 26.9. The normalized spacial score (nSPS) is 20.6. The number of rotatable bonds is 9. The van der Waals surface area contributed by atoms with Crippen molar-refractivity contribution in [1.82, 2.24) is 20.6 Å². The summed E-state index contributed by atoms with van der Waals surface area (Å²) in [5.41, 5.74) is 1.36. The van der Waals surface area contributed by atoms with Gasteiger partial charge in [0, 0.05) is 38.3 Å². The molecule has 1 saturated carbocycles. The number of aliphatic hydroxyl groups excluding tert-OH is 1. The average Bonchev–Trinajstić information content (AvgIpc) is 3.44. The van der Waals surface area contributed by atoms with Crippen molar-refractivity contribution < 1.29 is 19.4 Å². The summed E-state index contributed by atoms with van der Waals surface area (Å²) in [6.07, 6.45) is 7.30. The number of carbonyl (C=O) groups excluding carboxylic acids is 2. The Bertz CT molecular complexity index is 1200. The predicted molar refractivity (Wildman–Crippen MR) is 145 cm³/mol. The third-order valence-corrected chi connectivity index (χ3v) is 8.02. The number of ether oxygens (including phenoxy) is 1. The Morgan fingerprint density at radius 2 is 2.05 bits per heavy atom. The quantitative estimate of drug-likeness (QED) is 0.390. The molecule has 1 aliphatic carbocycles. The fourth-order valence-corrected chi connectivity index (χ4v) is 5.78. The van der Waals surface area contributed by atoms with Crippen LogP contribution in [0, 0.1) is 0 Å². The number of benzene rings is 1. The van der Waals surface area contributed by atoms with Crippen LogP contribution >= 0.6 is 0 Å². The summed E-state index contributed by atoms with van der Waals surface area (Å²) in [5, 5.41) is 18.8. The largest absolute Gasteiger partial charge is 0.495 e.